The van der Waals surface area contributed by atoms with Crippen LogP contribution in [0.1, 0.15) is 40.5 Å². The Labute approximate surface area is 93.8 Å². The van der Waals surface area contributed by atoms with E-state index < -0.39 is 0 Å². The molecule has 0 rings (SSSR count). The van der Waals surface area contributed by atoms with E-state index in [1.807, 2.05) is 0 Å². The van der Waals surface area contributed by atoms with Crippen LogP contribution in [0.3, 0.4) is 0 Å². The minimum Gasteiger partial charge on any atom is -0.356 e. The van der Waals surface area contributed by atoms with Crippen LogP contribution in [-0.4, -0.2) is 19.0 Å². The third-order valence-electron chi connectivity index (χ3n) is 2.43. The molecular weight excluding hydrogens is 188 g/mol. The molecule has 3 N–H and O–H groups in total. The summed E-state index contributed by atoms with van der Waals surface area (Å²) in [6, 6.07) is 0. The standard InChI is InChI=1S/C12H26N2O/c1-9(2)5-6-14-12(15)11(8-13)7-10(3)4/h9-11H,5-8,13H2,1-4H3,(H,14,15). The minimum atomic E-state index is -0.0165. The van der Waals surface area contributed by atoms with Gasteiger partial charge in [0.25, 0.3) is 0 Å². The molecule has 0 aromatic carbocycles. The van der Waals surface area contributed by atoms with E-state index in [1.165, 1.54) is 0 Å². The Morgan fingerprint density at radius 3 is 2.20 bits per heavy atom. The van der Waals surface area contributed by atoms with E-state index in [-0.39, 0.29) is 11.8 Å². The van der Waals surface area contributed by atoms with Gasteiger partial charge in [-0.2, -0.15) is 0 Å². The van der Waals surface area contributed by atoms with E-state index in [0.29, 0.717) is 18.4 Å². The van der Waals surface area contributed by atoms with Gasteiger partial charge in [0.2, 0.25) is 5.91 Å². The van der Waals surface area contributed by atoms with Crippen LogP contribution in [0.5, 0.6) is 0 Å². The van der Waals surface area contributed by atoms with Crippen molar-refractivity contribution in [1.29, 1.82) is 0 Å². The second-order valence-electron chi connectivity index (χ2n) is 5.04. The lowest BCUT2D eigenvalue weighted by atomic mass is 9.96. The number of carbonyl (C=O) groups excluding carboxylic acids is 1. The lowest BCUT2D eigenvalue weighted by Crippen LogP contribution is -2.36. The zero-order valence-electron chi connectivity index (χ0n) is 10.5. The number of rotatable bonds is 7. The van der Waals surface area contributed by atoms with E-state index in [9.17, 15) is 4.79 Å². The zero-order chi connectivity index (χ0) is 11.8. The van der Waals surface area contributed by atoms with Crippen LogP contribution in [0.15, 0.2) is 0 Å². The third-order valence-corrected chi connectivity index (χ3v) is 2.43. The highest BCUT2D eigenvalue weighted by Crippen LogP contribution is 2.10. The summed E-state index contributed by atoms with van der Waals surface area (Å²) >= 11 is 0. The fourth-order valence-electron chi connectivity index (χ4n) is 1.51. The van der Waals surface area contributed by atoms with Crippen LogP contribution in [0.4, 0.5) is 0 Å². The first kappa shape index (κ1) is 14.4. The molecule has 15 heavy (non-hydrogen) atoms. The smallest absolute Gasteiger partial charge is 0.224 e. The Morgan fingerprint density at radius 1 is 1.20 bits per heavy atom. The van der Waals surface area contributed by atoms with Gasteiger partial charge in [-0.3, -0.25) is 4.79 Å². The molecule has 90 valence electrons. The first-order valence-electron chi connectivity index (χ1n) is 5.95. The van der Waals surface area contributed by atoms with Crippen LogP contribution in [0.2, 0.25) is 0 Å². The summed E-state index contributed by atoms with van der Waals surface area (Å²) in [7, 11) is 0. The second kappa shape index (κ2) is 7.69. The zero-order valence-corrected chi connectivity index (χ0v) is 10.5. The van der Waals surface area contributed by atoms with Crippen molar-refractivity contribution in [2.24, 2.45) is 23.5 Å². The molecule has 0 aliphatic heterocycles. The molecule has 1 atom stereocenters. The fourth-order valence-corrected chi connectivity index (χ4v) is 1.51. The summed E-state index contributed by atoms with van der Waals surface area (Å²) in [5.74, 6) is 1.25. The Bertz CT molecular complexity index is 178. The number of nitrogens with one attached hydrogen (secondary N) is 1. The van der Waals surface area contributed by atoms with Crippen molar-refractivity contribution in [3.05, 3.63) is 0 Å². The number of nitrogens with two attached hydrogens (primary N) is 1. The number of hydrogen-bond donors (Lipinski definition) is 2. The first-order valence-corrected chi connectivity index (χ1v) is 5.95. The van der Waals surface area contributed by atoms with E-state index in [1.54, 1.807) is 0 Å². The van der Waals surface area contributed by atoms with E-state index in [2.05, 4.69) is 33.0 Å². The van der Waals surface area contributed by atoms with Crippen molar-refractivity contribution < 1.29 is 4.79 Å². The molecule has 3 nitrogen and oxygen atoms in total. The molecule has 0 aromatic heterocycles. The summed E-state index contributed by atoms with van der Waals surface area (Å²) in [5, 5.41) is 2.95. The van der Waals surface area contributed by atoms with Gasteiger partial charge in [0, 0.05) is 13.1 Å². The molecule has 3 heteroatoms. The summed E-state index contributed by atoms with van der Waals surface area (Å²) in [4.78, 5) is 11.7. The third kappa shape index (κ3) is 7.37. The van der Waals surface area contributed by atoms with Crippen molar-refractivity contribution in [2.45, 2.75) is 40.5 Å². The van der Waals surface area contributed by atoms with Gasteiger partial charge in [-0.25, -0.2) is 0 Å². The highest BCUT2D eigenvalue weighted by atomic mass is 16.1. The van der Waals surface area contributed by atoms with Crippen LogP contribution in [0, 0.1) is 17.8 Å². The van der Waals surface area contributed by atoms with E-state index >= 15 is 0 Å². The molecule has 0 aromatic rings. The van der Waals surface area contributed by atoms with Gasteiger partial charge < -0.3 is 11.1 Å². The van der Waals surface area contributed by atoms with Gasteiger partial charge in [-0.1, -0.05) is 27.7 Å². The molecule has 0 saturated carbocycles. The largest absolute Gasteiger partial charge is 0.356 e. The Hall–Kier alpha value is -0.570. The van der Waals surface area contributed by atoms with Crippen LogP contribution < -0.4 is 11.1 Å². The lowest BCUT2D eigenvalue weighted by molar-refractivity contribution is -0.125. The molecule has 0 heterocycles. The average Bonchev–Trinajstić information content (AvgIpc) is 2.13. The first-order chi connectivity index (χ1) is 6.97. The second-order valence-corrected chi connectivity index (χ2v) is 5.04. The molecule has 0 aliphatic rings. The number of hydrogen-bond acceptors (Lipinski definition) is 2. The molecule has 0 radical (unpaired) electrons. The highest BCUT2D eigenvalue weighted by Gasteiger charge is 2.17. The quantitative estimate of drug-likeness (QED) is 0.678. The van der Waals surface area contributed by atoms with Gasteiger partial charge in [-0.05, 0) is 24.7 Å². The van der Waals surface area contributed by atoms with Crippen LogP contribution in [0.25, 0.3) is 0 Å². The normalized spacial score (nSPS) is 13.3. The lowest BCUT2D eigenvalue weighted by Gasteiger charge is -2.17. The van der Waals surface area contributed by atoms with Gasteiger partial charge in [0.05, 0.1) is 5.92 Å². The van der Waals surface area contributed by atoms with E-state index in [0.717, 1.165) is 19.4 Å². The SMILES string of the molecule is CC(C)CCNC(=O)C(CN)CC(C)C. The molecule has 0 spiro atoms. The molecule has 1 unspecified atom stereocenters. The predicted octanol–water partition coefficient (Wildman–Crippen LogP) is 1.77. The summed E-state index contributed by atoms with van der Waals surface area (Å²) in [5.41, 5.74) is 5.59. The van der Waals surface area contributed by atoms with Gasteiger partial charge >= 0.3 is 0 Å². The molecular formula is C12H26N2O. The fraction of sp³-hybridized carbons (Fsp3) is 0.917. The van der Waals surface area contributed by atoms with Crippen molar-refractivity contribution in [2.75, 3.05) is 13.1 Å². The molecule has 0 fully saturated rings. The monoisotopic (exact) mass is 214 g/mol. The van der Waals surface area contributed by atoms with E-state index in [4.69, 9.17) is 5.73 Å². The minimum absolute atomic E-state index is 0.0165. The molecule has 1 amide bonds. The summed E-state index contributed by atoms with van der Waals surface area (Å²) < 4.78 is 0. The maximum atomic E-state index is 11.7. The molecule has 0 aliphatic carbocycles. The Balaban J connectivity index is 3.83. The van der Waals surface area contributed by atoms with Crippen LogP contribution >= 0.6 is 0 Å². The maximum absolute atomic E-state index is 11.7. The molecule has 0 bridgehead atoms. The maximum Gasteiger partial charge on any atom is 0.224 e. The Morgan fingerprint density at radius 2 is 1.80 bits per heavy atom. The van der Waals surface area contributed by atoms with Crippen molar-refractivity contribution in [3.63, 3.8) is 0 Å². The Kier molecular flexibility index (Phi) is 7.39. The van der Waals surface area contributed by atoms with Gasteiger partial charge in [-0.15, -0.1) is 0 Å². The summed E-state index contributed by atoms with van der Waals surface area (Å²) in [6.07, 6.45) is 1.91. The summed E-state index contributed by atoms with van der Waals surface area (Å²) in [6.45, 7) is 9.76. The highest BCUT2D eigenvalue weighted by molar-refractivity contribution is 5.78. The van der Waals surface area contributed by atoms with Crippen molar-refractivity contribution in [3.8, 4) is 0 Å². The van der Waals surface area contributed by atoms with Gasteiger partial charge in [0.1, 0.15) is 0 Å². The van der Waals surface area contributed by atoms with Gasteiger partial charge in [0.15, 0.2) is 0 Å². The predicted molar refractivity (Wildman–Crippen MR) is 64.5 cm³/mol. The number of amides is 1. The average molecular weight is 214 g/mol. The topological polar surface area (TPSA) is 55.1 Å². The van der Waals surface area contributed by atoms with Crippen LogP contribution in [-0.2, 0) is 4.79 Å². The number of carbonyl (C=O) groups is 1. The van der Waals surface area contributed by atoms with Crippen molar-refractivity contribution in [1.82, 2.24) is 5.32 Å². The molecule has 0 saturated heterocycles. The van der Waals surface area contributed by atoms with Crippen molar-refractivity contribution >= 4 is 5.91 Å².